The smallest absolute Gasteiger partial charge is 0.259 e. The zero-order valence-electron chi connectivity index (χ0n) is 15.6. The van der Waals surface area contributed by atoms with Crippen molar-refractivity contribution in [2.45, 2.75) is 13.0 Å². The van der Waals surface area contributed by atoms with Gasteiger partial charge in [0.25, 0.3) is 5.56 Å². The quantitative estimate of drug-likeness (QED) is 0.451. The van der Waals surface area contributed by atoms with Crippen LogP contribution in [0.3, 0.4) is 0 Å². The van der Waals surface area contributed by atoms with Crippen LogP contribution < -0.4 is 5.56 Å². The van der Waals surface area contributed by atoms with Crippen LogP contribution in [0, 0.1) is 0 Å². The fourth-order valence-corrected chi connectivity index (χ4v) is 4.58. The fraction of sp³-hybridized carbons (Fsp3) is 0.0833. The molecule has 0 fully saturated rings. The highest BCUT2D eigenvalue weighted by Crippen LogP contribution is 2.33. The molecule has 0 bridgehead atoms. The number of hydrogen-bond acceptors (Lipinski definition) is 4. The van der Waals surface area contributed by atoms with E-state index in [1.807, 2.05) is 54.0 Å². The lowest BCUT2D eigenvalue weighted by atomic mass is 10.1. The number of aromatic hydroxyl groups is 1. The summed E-state index contributed by atoms with van der Waals surface area (Å²) in [6.45, 7) is 0.565. The van der Waals surface area contributed by atoms with E-state index in [9.17, 15) is 9.90 Å². The maximum absolute atomic E-state index is 13.2. The molecule has 0 saturated carbocycles. The van der Waals surface area contributed by atoms with Crippen molar-refractivity contribution < 1.29 is 5.11 Å². The number of phenols is 1. The van der Waals surface area contributed by atoms with Gasteiger partial charge in [0.2, 0.25) is 0 Å². The van der Waals surface area contributed by atoms with Crippen LogP contribution in [0.4, 0.5) is 0 Å². The number of fused-ring (bicyclic) bond motifs is 2. The number of pyridine rings is 2. The molecule has 3 heterocycles. The Balaban J connectivity index is 1.49. The number of benzene rings is 2. The summed E-state index contributed by atoms with van der Waals surface area (Å²) in [4.78, 5) is 17.9. The normalized spacial score (nSPS) is 11.3. The van der Waals surface area contributed by atoms with Crippen molar-refractivity contribution in [1.29, 1.82) is 0 Å². The van der Waals surface area contributed by atoms with Crippen molar-refractivity contribution in [2.24, 2.45) is 0 Å². The average molecular weight is 398 g/mol. The molecule has 0 aliphatic rings. The first kappa shape index (κ1) is 17.6. The van der Waals surface area contributed by atoms with Crippen molar-refractivity contribution in [3.8, 4) is 16.9 Å². The number of nitrogens with zero attached hydrogens (tertiary/aromatic N) is 2. The van der Waals surface area contributed by atoms with Crippen molar-refractivity contribution in [2.75, 3.05) is 0 Å². The number of thiophene rings is 1. The molecule has 1 N–H and O–H groups in total. The Morgan fingerprint density at radius 3 is 2.79 bits per heavy atom. The highest BCUT2D eigenvalue weighted by Gasteiger charge is 2.12. The van der Waals surface area contributed by atoms with E-state index in [1.165, 1.54) is 0 Å². The highest BCUT2D eigenvalue weighted by atomic mass is 32.1. The van der Waals surface area contributed by atoms with E-state index in [1.54, 1.807) is 34.1 Å². The maximum Gasteiger partial charge on any atom is 0.259 e. The van der Waals surface area contributed by atoms with Gasteiger partial charge in [-0.1, -0.05) is 36.4 Å². The average Bonchev–Trinajstić information content (AvgIpc) is 3.18. The summed E-state index contributed by atoms with van der Waals surface area (Å²) in [6, 6.07) is 21.1. The third-order valence-electron chi connectivity index (χ3n) is 5.12. The van der Waals surface area contributed by atoms with Gasteiger partial charge in [-0.15, -0.1) is 11.3 Å². The highest BCUT2D eigenvalue weighted by molar-refractivity contribution is 7.17. The van der Waals surface area contributed by atoms with Gasteiger partial charge in [0.15, 0.2) is 0 Å². The van der Waals surface area contributed by atoms with Crippen molar-refractivity contribution in [1.82, 2.24) is 9.55 Å². The van der Waals surface area contributed by atoms with Crippen LogP contribution in [0.2, 0.25) is 0 Å². The second-order valence-electron chi connectivity index (χ2n) is 7.00. The van der Waals surface area contributed by atoms with E-state index in [0.29, 0.717) is 18.4 Å². The molecule has 2 aromatic carbocycles. The van der Waals surface area contributed by atoms with Crippen LogP contribution in [0.1, 0.15) is 5.69 Å². The molecule has 5 heteroatoms. The summed E-state index contributed by atoms with van der Waals surface area (Å²) in [5.74, 6) is 0.195. The van der Waals surface area contributed by atoms with E-state index in [0.717, 1.165) is 32.4 Å². The summed E-state index contributed by atoms with van der Waals surface area (Å²) < 4.78 is 2.70. The van der Waals surface area contributed by atoms with Crippen molar-refractivity contribution in [3.63, 3.8) is 0 Å². The third kappa shape index (κ3) is 3.30. The van der Waals surface area contributed by atoms with Gasteiger partial charge in [0.1, 0.15) is 5.75 Å². The second kappa shape index (κ2) is 7.18. The molecule has 3 aromatic heterocycles. The summed E-state index contributed by atoms with van der Waals surface area (Å²) in [5, 5.41) is 13.6. The molecule has 0 spiro atoms. The molecule has 0 amide bonds. The molecule has 142 valence electrons. The van der Waals surface area contributed by atoms with Gasteiger partial charge in [-0.3, -0.25) is 9.78 Å². The standard InChI is InChI=1S/C24H18N2O2S/c27-19-6-3-5-17(14-19)20-15-29-22-11-13-26(24(28)23(20)22)12-10-18-9-8-16-4-1-2-7-21(16)25-18/h1-9,11,13-15,27H,10,12H2. The van der Waals surface area contributed by atoms with E-state index >= 15 is 0 Å². The minimum absolute atomic E-state index is 0.0112. The summed E-state index contributed by atoms with van der Waals surface area (Å²) in [6.07, 6.45) is 2.54. The summed E-state index contributed by atoms with van der Waals surface area (Å²) in [7, 11) is 0. The molecule has 0 aliphatic heterocycles. The molecular weight excluding hydrogens is 380 g/mol. The van der Waals surface area contributed by atoms with E-state index in [4.69, 9.17) is 4.98 Å². The Labute approximate surface area is 171 Å². The number of para-hydroxylation sites is 1. The maximum atomic E-state index is 13.2. The Morgan fingerprint density at radius 2 is 1.90 bits per heavy atom. The van der Waals surface area contributed by atoms with Crippen LogP contribution in [0.15, 0.2) is 83.1 Å². The molecule has 0 radical (unpaired) electrons. The zero-order chi connectivity index (χ0) is 19.8. The second-order valence-corrected chi connectivity index (χ2v) is 7.91. The van der Waals surface area contributed by atoms with Crippen molar-refractivity contribution in [3.05, 3.63) is 94.4 Å². The molecular formula is C24H18N2O2S. The lowest BCUT2D eigenvalue weighted by Gasteiger charge is -2.08. The molecule has 0 atom stereocenters. The lowest BCUT2D eigenvalue weighted by molar-refractivity contribution is 0.475. The monoisotopic (exact) mass is 398 g/mol. The molecule has 0 aliphatic carbocycles. The molecule has 0 saturated heterocycles. The van der Waals surface area contributed by atoms with Gasteiger partial charge in [-0.25, -0.2) is 0 Å². The first-order chi connectivity index (χ1) is 14.2. The summed E-state index contributed by atoms with van der Waals surface area (Å²) in [5.41, 5.74) is 3.64. The van der Waals surface area contributed by atoms with Crippen LogP contribution in [-0.4, -0.2) is 14.7 Å². The first-order valence-electron chi connectivity index (χ1n) is 9.44. The number of phenolic OH excluding ortho intramolecular Hbond substituents is 1. The topological polar surface area (TPSA) is 55.1 Å². The van der Waals surface area contributed by atoms with E-state index < -0.39 is 0 Å². The number of aryl methyl sites for hydroxylation is 2. The minimum atomic E-state index is -0.0112. The molecule has 4 nitrogen and oxygen atoms in total. The number of rotatable bonds is 4. The Kier molecular flexibility index (Phi) is 4.37. The largest absolute Gasteiger partial charge is 0.508 e. The molecule has 0 unspecified atom stereocenters. The van der Waals surface area contributed by atoms with Crippen LogP contribution in [0.5, 0.6) is 5.75 Å². The van der Waals surface area contributed by atoms with E-state index in [-0.39, 0.29) is 11.3 Å². The van der Waals surface area contributed by atoms with Crippen LogP contribution in [-0.2, 0) is 13.0 Å². The van der Waals surface area contributed by atoms with Crippen LogP contribution >= 0.6 is 11.3 Å². The molecule has 5 rings (SSSR count). The number of hydrogen-bond donors (Lipinski definition) is 1. The van der Waals surface area contributed by atoms with Gasteiger partial charge in [0, 0.05) is 45.9 Å². The van der Waals surface area contributed by atoms with Crippen molar-refractivity contribution >= 4 is 32.3 Å². The Morgan fingerprint density at radius 1 is 1.00 bits per heavy atom. The Hall–Kier alpha value is -3.44. The van der Waals surface area contributed by atoms with E-state index in [2.05, 4.69) is 6.07 Å². The van der Waals surface area contributed by atoms with Crippen LogP contribution in [0.25, 0.3) is 32.1 Å². The predicted octanol–water partition coefficient (Wildman–Crippen LogP) is 5.23. The lowest BCUT2D eigenvalue weighted by Crippen LogP contribution is -2.20. The third-order valence-corrected chi connectivity index (χ3v) is 6.07. The summed E-state index contributed by atoms with van der Waals surface area (Å²) >= 11 is 1.55. The molecule has 5 aromatic rings. The molecule has 29 heavy (non-hydrogen) atoms. The predicted molar refractivity (Wildman–Crippen MR) is 119 cm³/mol. The minimum Gasteiger partial charge on any atom is -0.508 e. The SMILES string of the molecule is O=c1c2c(-c3cccc(O)c3)csc2ccn1CCc1ccc2ccccc2n1. The zero-order valence-corrected chi connectivity index (χ0v) is 16.4. The van der Waals surface area contributed by atoms with Gasteiger partial charge in [0.05, 0.1) is 10.9 Å². The first-order valence-corrected chi connectivity index (χ1v) is 10.3. The van der Waals surface area contributed by atoms with Gasteiger partial charge in [-0.05, 0) is 35.9 Å². The van der Waals surface area contributed by atoms with Gasteiger partial charge < -0.3 is 9.67 Å². The fourth-order valence-electron chi connectivity index (χ4n) is 3.63. The Bertz CT molecular complexity index is 1400. The van der Waals surface area contributed by atoms with Gasteiger partial charge >= 0.3 is 0 Å². The van der Waals surface area contributed by atoms with Gasteiger partial charge in [-0.2, -0.15) is 0 Å². The number of aromatic nitrogens is 2.